The van der Waals surface area contributed by atoms with Crippen LogP contribution in [0.3, 0.4) is 0 Å². The van der Waals surface area contributed by atoms with E-state index in [0.717, 1.165) is 19.5 Å². The van der Waals surface area contributed by atoms with Gasteiger partial charge in [-0.05, 0) is 25.9 Å². The standard InChI is InChI=1S/C9H18BN/c1-3-5-6-7-8-9-11(10)4-2/h6-7H,3-5,8-9H2,1-2H3/b7-6-. The maximum absolute atomic E-state index is 5.59. The lowest BCUT2D eigenvalue weighted by Gasteiger charge is -2.11. The van der Waals surface area contributed by atoms with Crippen LogP contribution in [0, 0.1) is 0 Å². The lowest BCUT2D eigenvalue weighted by atomic mass is 10.2. The fraction of sp³-hybridized carbons (Fsp3) is 0.778. The van der Waals surface area contributed by atoms with Gasteiger partial charge in [0.25, 0.3) is 0 Å². The van der Waals surface area contributed by atoms with Crippen molar-refractivity contribution < 1.29 is 0 Å². The van der Waals surface area contributed by atoms with E-state index < -0.39 is 0 Å². The number of hydrogen-bond donors (Lipinski definition) is 0. The zero-order valence-corrected chi connectivity index (χ0v) is 7.71. The number of unbranched alkanes of at least 4 members (excludes halogenated alkanes) is 1. The van der Waals surface area contributed by atoms with Gasteiger partial charge < -0.3 is 4.81 Å². The molecule has 0 aromatic carbocycles. The molecule has 0 aliphatic rings. The maximum atomic E-state index is 5.59. The number of nitrogens with zero attached hydrogens (tertiary/aromatic N) is 1. The van der Waals surface area contributed by atoms with E-state index in [0.29, 0.717) is 0 Å². The van der Waals surface area contributed by atoms with E-state index in [2.05, 4.69) is 26.0 Å². The molecule has 0 aromatic heterocycles. The van der Waals surface area contributed by atoms with Crippen LogP contribution in [-0.2, 0) is 0 Å². The SMILES string of the molecule is [B]N(CC)CC/C=C\CCC. The smallest absolute Gasteiger partial charge is 0.182 e. The van der Waals surface area contributed by atoms with E-state index >= 15 is 0 Å². The summed E-state index contributed by atoms with van der Waals surface area (Å²) in [5.41, 5.74) is 0. The molecule has 0 saturated carbocycles. The van der Waals surface area contributed by atoms with Gasteiger partial charge in [-0.1, -0.05) is 32.4 Å². The molecule has 0 atom stereocenters. The molecule has 2 heteroatoms. The van der Waals surface area contributed by atoms with Crippen molar-refractivity contribution in [2.75, 3.05) is 13.1 Å². The molecule has 0 aromatic rings. The first-order chi connectivity index (χ1) is 5.31. The highest BCUT2D eigenvalue weighted by Crippen LogP contribution is 1.92. The summed E-state index contributed by atoms with van der Waals surface area (Å²) in [6.45, 7) is 6.15. The van der Waals surface area contributed by atoms with Gasteiger partial charge in [-0.25, -0.2) is 0 Å². The minimum Gasteiger partial charge on any atom is -0.353 e. The van der Waals surface area contributed by atoms with E-state index in [1.54, 1.807) is 0 Å². The average Bonchev–Trinajstić information content (AvgIpc) is 2.04. The third-order valence-electron chi connectivity index (χ3n) is 1.61. The van der Waals surface area contributed by atoms with Crippen LogP contribution in [0.15, 0.2) is 12.2 Å². The van der Waals surface area contributed by atoms with Gasteiger partial charge in [-0.2, -0.15) is 0 Å². The Bertz CT molecular complexity index is 102. The Labute approximate surface area is 71.9 Å². The summed E-state index contributed by atoms with van der Waals surface area (Å²) in [6, 6.07) is 0. The molecular formula is C9H18BN. The highest BCUT2D eigenvalue weighted by molar-refractivity contribution is 6.04. The predicted octanol–water partition coefficient (Wildman–Crippen LogP) is 2.14. The van der Waals surface area contributed by atoms with Crippen LogP contribution >= 0.6 is 0 Å². The molecule has 0 bridgehead atoms. The third kappa shape index (κ3) is 7.66. The van der Waals surface area contributed by atoms with Gasteiger partial charge >= 0.3 is 0 Å². The van der Waals surface area contributed by atoms with E-state index in [9.17, 15) is 0 Å². The Morgan fingerprint density at radius 2 is 1.82 bits per heavy atom. The van der Waals surface area contributed by atoms with Crippen molar-refractivity contribution in [3.05, 3.63) is 12.2 Å². The van der Waals surface area contributed by atoms with E-state index in [1.165, 1.54) is 12.8 Å². The fourth-order valence-electron chi connectivity index (χ4n) is 0.801. The Morgan fingerprint density at radius 1 is 1.18 bits per heavy atom. The number of hydrogen-bond acceptors (Lipinski definition) is 1. The summed E-state index contributed by atoms with van der Waals surface area (Å²) < 4.78 is 0. The van der Waals surface area contributed by atoms with Crippen molar-refractivity contribution in [3.63, 3.8) is 0 Å². The second-order valence-corrected chi connectivity index (χ2v) is 2.68. The van der Waals surface area contributed by atoms with Gasteiger partial charge in [-0.3, -0.25) is 0 Å². The highest BCUT2D eigenvalue weighted by atomic mass is 15.0. The fourth-order valence-corrected chi connectivity index (χ4v) is 0.801. The van der Waals surface area contributed by atoms with Crippen molar-refractivity contribution in [2.45, 2.75) is 33.1 Å². The van der Waals surface area contributed by atoms with Crippen LogP contribution in [0.2, 0.25) is 0 Å². The molecule has 0 spiro atoms. The molecule has 0 amide bonds. The van der Waals surface area contributed by atoms with Crippen molar-refractivity contribution >= 4 is 7.98 Å². The topological polar surface area (TPSA) is 3.24 Å². The Balaban J connectivity index is 3.12. The van der Waals surface area contributed by atoms with Crippen LogP contribution in [0.25, 0.3) is 0 Å². The zero-order valence-electron chi connectivity index (χ0n) is 7.71. The van der Waals surface area contributed by atoms with Crippen molar-refractivity contribution in [1.29, 1.82) is 0 Å². The molecule has 0 heterocycles. The molecule has 2 radical (unpaired) electrons. The van der Waals surface area contributed by atoms with Crippen molar-refractivity contribution in [3.8, 4) is 0 Å². The molecule has 0 saturated heterocycles. The molecule has 0 fully saturated rings. The molecule has 0 rings (SSSR count). The van der Waals surface area contributed by atoms with Crippen molar-refractivity contribution in [2.24, 2.45) is 0 Å². The molecule has 1 nitrogen and oxygen atoms in total. The first-order valence-electron chi connectivity index (χ1n) is 4.45. The van der Waals surface area contributed by atoms with Gasteiger partial charge in [0.05, 0.1) is 0 Å². The van der Waals surface area contributed by atoms with Gasteiger partial charge in [-0.15, -0.1) is 0 Å². The summed E-state index contributed by atoms with van der Waals surface area (Å²) in [5.74, 6) is 0. The first kappa shape index (κ1) is 10.8. The van der Waals surface area contributed by atoms with Crippen LogP contribution in [-0.4, -0.2) is 25.9 Å². The van der Waals surface area contributed by atoms with Crippen LogP contribution < -0.4 is 0 Å². The quantitative estimate of drug-likeness (QED) is 0.415. The van der Waals surface area contributed by atoms with Crippen LogP contribution in [0.1, 0.15) is 33.1 Å². The summed E-state index contributed by atoms with van der Waals surface area (Å²) in [4.78, 5) is 1.83. The Hall–Kier alpha value is -0.235. The first-order valence-corrected chi connectivity index (χ1v) is 4.45. The number of rotatable bonds is 6. The minimum atomic E-state index is 0.932. The second kappa shape index (κ2) is 7.87. The van der Waals surface area contributed by atoms with Gasteiger partial charge in [0.2, 0.25) is 0 Å². The lowest BCUT2D eigenvalue weighted by molar-refractivity contribution is 0.486. The Morgan fingerprint density at radius 3 is 2.36 bits per heavy atom. The van der Waals surface area contributed by atoms with Gasteiger partial charge in [0.15, 0.2) is 7.98 Å². The molecule has 11 heavy (non-hydrogen) atoms. The zero-order chi connectivity index (χ0) is 8.53. The number of allylic oxidation sites excluding steroid dienone is 1. The van der Waals surface area contributed by atoms with Crippen LogP contribution in [0.4, 0.5) is 0 Å². The normalized spacial score (nSPS) is 11.5. The largest absolute Gasteiger partial charge is 0.353 e. The third-order valence-corrected chi connectivity index (χ3v) is 1.61. The Kier molecular flexibility index (Phi) is 7.70. The second-order valence-electron chi connectivity index (χ2n) is 2.68. The van der Waals surface area contributed by atoms with Crippen LogP contribution in [0.5, 0.6) is 0 Å². The monoisotopic (exact) mass is 151 g/mol. The summed E-state index contributed by atoms with van der Waals surface area (Å²) in [7, 11) is 5.59. The molecule has 0 aliphatic heterocycles. The molecule has 0 N–H and O–H groups in total. The van der Waals surface area contributed by atoms with E-state index in [4.69, 9.17) is 7.98 Å². The summed E-state index contributed by atoms with van der Waals surface area (Å²) in [5, 5.41) is 0. The maximum Gasteiger partial charge on any atom is 0.182 e. The minimum absolute atomic E-state index is 0.932. The average molecular weight is 151 g/mol. The summed E-state index contributed by atoms with van der Waals surface area (Å²) in [6.07, 6.45) is 7.93. The van der Waals surface area contributed by atoms with Gasteiger partial charge in [0.1, 0.15) is 0 Å². The molecular weight excluding hydrogens is 133 g/mol. The molecule has 0 aliphatic carbocycles. The van der Waals surface area contributed by atoms with Crippen molar-refractivity contribution in [1.82, 2.24) is 4.81 Å². The summed E-state index contributed by atoms with van der Waals surface area (Å²) >= 11 is 0. The predicted molar refractivity (Wildman–Crippen MR) is 51.7 cm³/mol. The van der Waals surface area contributed by atoms with E-state index in [1.807, 2.05) is 4.81 Å². The molecule has 62 valence electrons. The van der Waals surface area contributed by atoms with E-state index in [-0.39, 0.29) is 0 Å². The van der Waals surface area contributed by atoms with Gasteiger partial charge in [0, 0.05) is 0 Å². The highest BCUT2D eigenvalue weighted by Gasteiger charge is 1.88. The molecule has 0 unspecified atom stereocenters. The lowest BCUT2D eigenvalue weighted by Crippen LogP contribution is -2.20.